The summed E-state index contributed by atoms with van der Waals surface area (Å²) in [6.45, 7) is 1.04. The van der Waals surface area contributed by atoms with Crippen LogP contribution in [-0.2, 0) is 9.53 Å². The molecular weight excluding hydrogens is 197 g/mol. The molecule has 0 aromatic carbocycles. The van der Waals surface area contributed by atoms with E-state index in [0.29, 0.717) is 6.26 Å². The number of alkyl halides is 3. The van der Waals surface area contributed by atoms with Crippen LogP contribution in [0.25, 0.3) is 0 Å². The summed E-state index contributed by atoms with van der Waals surface area (Å²) in [5.74, 6) is -0.742. The van der Waals surface area contributed by atoms with Gasteiger partial charge in [-0.05, 0) is 0 Å². The summed E-state index contributed by atoms with van der Waals surface area (Å²) < 4.78 is 38.8. The van der Waals surface area contributed by atoms with Crippen LogP contribution in [0, 0.1) is 0 Å². The summed E-state index contributed by atoms with van der Waals surface area (Å²) in [7, 11) is 0. The number of esters is 1. The van der Waals surface area contributed by atoms with E-state index >= 15 is 0 Å². The highest BCUT2D eigenvalue weighted by atomic mass is 35.5. The Hall–Kier alpha value is -0.930. The molecule has 0 aliphatic carbocycles. The van der Waals surface area contributed by atoms with Gasteiger partial charge in [0.2, 0.25) is 0 Å². The second kappa shape index (κ2) is 4.18. The van der Waals surface area contributed by atoms with Crippen LogP contribution >= 0.6 is 11.6 Å². The second-order valence-electron chi connectivity index (χ2n) is 1.68. The van der Waals surface area contributed by atoms with Gasteiger partial charge in [0.15, 0.2) is 5.03 Å². The third-order valence-electron chi connectivity index (χ3n) is 0.659. The quantitative estimate of drug-likeness (QED) is 0.369. The van der Waals surface area contributed by atoms with E-state index in [4.69, 9.17) is 11.6 Å². The Labute approximate surface area is 71.3 Å². The Bertz CT molecular complexity index is 238. The Morgan fingerprint density at radius 3 is 2.42 bits per heavy atom. The zero-order valence-corrected chi connectivity index (χ0v) is 6.66. The minimum Gasteiger partial charge on any atom is -0.426 e. The molecule has 0 rings (SSSR count). The number of halogens is 4. The van der Waals surface area contributed by atoms with Crippen molar-refractivity contribution in [1.82, 2.24) is 0 Å². The third-order valence-corrected chi connectivity index (χ3v) is 0.983. The number of rotatable bonds is 1. The lowest BCUT2D eigenvalue weighted by molar-refractivity contribution is -0.135. The van der Waals surface area contributed by atoms with Crippen molar-refractivity contribution in [3.63, 3.8) is 0 Å². The van der Waals surface area contributed by atoms with Gasteiger partial charge < -0.3 is 4.74 Å². The van der Waals surface area contributed by atoms with E-state index in [1.807, 2.05) is 0 Å². The Morgan fingerprint density at radius 2 is 2.08 bits per heavy atom. The van der Waals surface area contributed by atoms with Crippen LogP contribution in [0.4, 0.5) is 13.2 Å². The van der Waals surface area contributed by atoms with Crippen LogP contribution in [-0.4, -0.2) is 12.1 Å². The average Bonchev–Trinajstić information content (AvgIpc) is 1.84. The minimum atomic E-state index is -4.65. The fraction of sp³-hybridized carbons (Fsp3) is 0.333. The molecule has 0 aromatic rings. The molecule has 0 aromatic heterocycles. The lowest BCUT2D eigenvalue weighted by Crippen LogP contribution is -2.05. The van der Waals surface area contributed by atoms with Crippen LogP contribution in [0.5, 0.6) is 0 Å². The van der Waals surface area contributed by atoms with Gasteiger partial charge in [-0.3, -0.25) is 4.79 Å². The number of hydrogen-bond donors (Lipinski definition) is 0. The second-order valence-corrected chi connectivity index (χ2v) is 2.06. The fourth-order valence-electron chi connectivity index (χ4n) is 0.246. The first kappa shape index (κ1) is 11.1. The van der Waals surface area contributed by atoms with Crippen LogP contribution in [0.3, 0.4) is 0 Å². The summed E-state index contributed by atoms with van der Waals surface area (Å²) in [5.41, 5.74) is 1.54. The summed E-state index contributed by atoms with van der Waals surface area (Å²) >= 11 is 4.70. The molecule has 68 valence electrons. The SMILES string of the molecule is CC(=O)OC=C=C(Cl)C(F)(F)F. The molecule has 0 fully saturated rings. The average molecular weight is 201 g/mol. The largest absolute Gasteiger partial charge is 0.434 e. The molecule has 0 heterocycles. The van der Waals surface area contributed by atoms with Gasteiger partial charge in [-0.15, -0.1) is 0 Å². The van der Waals surface area contributed by atoms with Gasteiger partial charge in [-0.25, -0.2) is 0 Å². The van der Waals surface area contributed by atoms with Crippen LogP contribution in [0.2, 0.25) is 0 Å². The van der Waals surface area contributed by atoms with Crippen LogP contribution in [0.1, 0.15) is 6.92 Å². The molecule has 12 heavy (non-hydrogen) atoms. The zero-order chi connectivity index (χ0) is 9.78. The molecule has 0 unspecified atom stereocenters. The van der Waals surface area contributed by atoms with E-state index in [2.05, 4.69) is 4.74 Å². The van der Waals surface area contributed by atoms with Crippen molar-refractivity contribution in [2.24, 2.45) is 0 Å². The van der Waals surface area contributed by atoms with Gasteiger partial charge in [0.05, 0.1) is 0 Å². The maximum atomic E-state index is 11.6. The topological polar surface area (TPSA) is 26.3 Å². The molecule has 0 bridgehead atoms. The van der Waals surface area contributed by atoms with E-state index in [9.17, 15) is 18.0 Å². The maximum absolute atomic E-state index is 11.6. The Balaban J connectivity index is 4.35. The lowest BCUT2D eigenvalue weighted by atomic mass is 10.6. The van der Waals surface area contributed by atoms with E-state index in [1.165, 1.54) is 0 Å². The number of allylic oxidation sites excluding steroid dienone is 1. The predicted molar refractivity (Wildman–Crippen MR) is 35.3 cm³/mol. The summed E-state index contributed by atoms with van der Waals surface area (Å²) in [4.78, 5) is 10.0. The monoisotopic (exact) mass is 200 g/mol. The summed E-state index contributed by atoms with van der Waals surface area (Å²) in [6.07, 6.45) is -4.20. The standard InChI is InChI=1S/C6H4ClF3O2/c1-4(11)12-3-2-5(7)6(8,9)10/h3H,1H3. The first-order valence-electron chi connectivity index (χ1n) is 2.69. The fourth-order valence-corrected chi connectivity index (χ4v) is 0.291. The highest BCUT2D eigenvalue weighted by molar-refractivity contribution is 6.30. The molecule has 0 saturated carbocycles. The van der Waals surface area contributed by atoms with E-state index < -0.39 is 17.2 Å². The zero-order valence-electron chi connectivity index (χ0n) is 5.91. The summed E-state index contributed by atoms with van der Waals surface area (Å²) in [5, 5.41) is -1.47. The van der Waals surface area contributed by atoms with Gasteiger partial charge in [-0.2, -0.15) is 13.2 Å². The number of carbonyl (C=O) groups is 1. The van der Waals surface area contributed by atoms with Crippen LogP contribution in [0.15, 0.2) is 17.0 Å². The molecule has 0 saturated heterocycles. The van der Waals surface area contributed by atoms with Crippen molar-refractivity contribution in [1.29, 1.82) is 0 Å². The van der Waals surface area contributed by atoms with Crippen LogP contribution < -0.4 is 0 Å². The number of hydrogen-bond acceptors (Lipinski definition) is 2. The molecule has 0 aliphatic rings. The molecule has 0 amide bonds. The Kier molecular flexibility index (Phi) is 3.86. The molecule has 0 radical (unpaired) electrons. The lowest BCUT2D eigenvalue weighted by Gasteiger charge is -1.99. The van der Waals surface area contributed by atoms with Crippen molar-refractivity contribution >= 4 is 17.6 Å². The van der Waals surface area contributed by atoms with Gasteiger partial charge in [0, 0.05) is 6.92 Å². The smallest absolute Gasteiger partial charge is 0.426 e. The normalized spacial score (nSPS) is 10.1. The number of carbonyl (C=O) groups excluding carboxylic acids is 1. The number of ether oxygens (including phenoxy) is 1. The van der Waals surface area contributed by atoms with Gasteiger partial charge >= 0.3 is 12.1 Å². The maximum Gasteiger partial charge on any atom is 0.434 e. The molecule has 6 heteroatoms. The van der Waals surface area contributed by atoms with Gasteiger partial charge in [0.1, 0.15) is 6.26 Å². The van der Waals surface area contributed by atoms with Crippen molar-refractivity contribution in [2.45, 2.75) is 13.1 Å². The van der Waals surface area contributed by atoms with E-state index in [-0.39, 0.29) is 0 Å². The highest BCUT2D eigenvalue weighted by Gasteiger charge is 2.32. The first-order valence-corrected chi connectivity index (χ1v) is 3.07. The molecule has 0 spiro atoms. The van der Waals surface area contributed by atoms with Gasteiger partial charge in [-0.1, -0.05) is 17.3 Å². The molecule has 2 nitrogen and oxygen atoms in total. The highest BCUT2D eigenvalue weighted by Crippen LogP contribution is 2.27. The van der Waals surface area contributed by atoms with Crippen molar-refractivity contribution in [3.8, 4) is 0 Å². The molecule has 0 atom stereocenters. The molecule has 0 N–H and O–H groups in total. The van der Waals surface area contributed by atoms with E-state index in [1.54, 1.807) is 5.73 Å². The van der Waals surface area contributed by atoms with E-state index in [0.717, 1.165) is 6.92 Å². The first-order chi connectivity index (χ1) is 5.34. The molecule has 0 aliphatic heterocycles. The van der Waals surface area contributed by atoms with Crippen molar-refractivity contribution < 1.29 is 22.7 Å². The predicted octanol–water partition coefficient (Wildman–Crippen LogP) is 2.35. The van der Waals surface area contributed by atoms with Gasteiger partial charge in [0.25, 0.3) is 0 Å². The Morgan fingerprint density at radius 1 is 1.58 bits per heavy atom. The minimum absolute atomic E-state index is 0.457. The van der Waals surface area contributed by atoms with Crippen molar-refractivity contribution in [3.05, 3.63) is 17.0 Å². The third kappa shape index (κ3) is 4.82. The summed E-state index contributed by atoms with van der Waals surface area (Å²) in [6, 6.07) is 0. The molecular formula is C6H4ClF3O2. The van der Waals surface area contributed by atoms with Crippen molar-refractivity contribution in [2.75, 3.05) is 0 Å².